The van der Waals surface area contributed by atoms with Gasteiger partial charge in [-0.25, -0.2) is 9.37 Å². The highest BCUT2D eigenvalue weighted by Gasteiger charge is 2.09. The monoisotopic (exact) mass is 328 g/mol. The SMILES string of the molecule is O=C(CSc1n[nH]c(-c2ccc(F)cc2)n1)Nc1ccccc1. The van der Waals surface area contributed by atoms with Crippen molar-refractivity contribution in [2.75, 3.05) is 11.1 Å². The number of nitrogens with zero attached hydrogens (tertiary/aromatic N) is 2. The minimum absolute atomic E-state index is 0.130. The lowest BCUT2D eigenvalue weighted by atomic mass is 10.2. The number of aromatic nitrogens is 3. The molecule has 0 unspecified atom stereocenters. The van der Waals surface area contributed by atoms with Crippen molar-refractivity contribution in [3.8, 4) is 11.4 Å². The van der Waals surface area contributed by atoms with E-state index in [1.54, 1.807) is 12.1 Å². The number of H-pyrrole nitrogens is 1. The van der Waals surface area contributed by atoms with Crippen LogP contribution in [0.4, 0.5) is 10.1 Å². The van der Waals surface area contributed by atoms with Gasteiger partial charge in [-0.2, -0.15) is 0 Å². The number of hydrogen-bond acceptors (Lipinski definition) is 4. The van der Waals surface area contributed by atoms with E-state index in [9.17, 15) is 9.18 Å². The zero-order chi connectivity index (χ0) is 16.1. The van der Waals surface area contributed by atoms with Crippen molar-refractivity contribution in [3.63, 3.8) is 0 Å². The average Bonchev–Trinajstić information content (AvgIpc) is 3.04. The van der Waals surface area contributed by atoms with Crippen LogP contribution in [-0.2, 0) is 4.79 Å². The summed E-state index contributed by atoms with van der Waals surface area (Å²) in [6.45, 7) is 0. The minimum Gasteiger partial charge on any atom is -0.325 e. The number of rotatable bonds is 5. The van der Waals surface area contributed by atoms with Gasteiger partial charge in [0.1, 0.15) is 5.82 Å². The second kappa shape index (κ2) is 7.06. The number of aromatic amines is 1. The summed E-state index contributed by atoms with van der Waals surface area (Å²) in [5.41, 5.74) is 1.49. The molecule has 23 heavy (non-hydrogen) atoms. The maximum Gasteiger partial charge on any atom is 0.234 e. The Kier molecular flexibility index (Phi) is 4.68. The van der Waals surface area contributed by atoms with Crippen molar-refractivity contribution < 1.29 is 9.18 Å². The van der Waals surface area contributed by atoms with E-state index < -0.39 is 0 Å². The summed E-state index contributed by atoms with van der Waals surface area (Å²) in [7, 11) is 0. The molecule has 0 saturated carbocycles. The van der Waals surface area contributed by atoms with Crippen molar-refractivity contribution in [1.29, 1.82) is 0 Å². The number of amides is 1. The van der Waals surface area contributed by atoms with Gasteiger partial charge in [0.2, 0.25) is 11.1 Å². The largest absolute Gasteiger partial charge is 0.325 e. The summed E-state index contributed by atoms with van der Waals surface area (Å²) < 4.78 is 12.9. The molecular formula is C16H13FN4OS. The first-order valence-electron chi connectivity index (χ1n) is 6.87. The van der Waals surface area contributed by atoms with Gasteiger partial charge in [0, 0.05) is 11.3 Å². The molecule has 2 aromatic carbocycles. The molecule has 5 nitrogen and oxygen atoms in total. The number of hydrogen-bond donors (Lipinski definition) is 2. The van der Waals surface area contributed by atoms with E-state index >= 15 is 0 Å². The molecule has 1 amide bonds. The predicted octanol–water partition coefficient (Wildman–Crippen LogP) is 3.34. The standard InChI is InChI=1S/C16H13FN4OS/c17-12-8-6-11(7-9-12)15-19-16(21-20-15)23-10-14(22)18-13-4-2-1-3-5-13/h1-9H,10H2,(H,18,22)(H,19,20,21). The van der Waals surface area contributed by atoms with Crippen LogP contribution >= 0.6 is 11.8 Å². The maximum atomic E-state index is 12.9. The third-order valence-electron chi connectivity index (χ3n) is 2.97. The summed E-state index contributed by atoms with van der Waals surface area (Å²) in [6.07, 6.45) is 0. The normalized spacial score (nSPS) is 10.5. The number of carbonyl (C=O) groups excluding carboxylic acids is 1. The molecule has 0 aliphatic heterocycles. The van der Waals surface area contributed by atoms with Crippen molar-refractivity contribution in [2.24, 2.45) is 0 Å². The van der Waals surface area contributed by atoms with Gasteiger partial charge >= 0.3 is 0 Å². The average molecular weight is 328 g/mol. The Morgan fingerprint density at radius 1 is 1.13 bits per heavy atom. The molecule has 0 aliphatic rings. The molecule has 0 fully saturated rings. The molecule has 3 rings (SSSR count). The van der Waals surface area contributed by atoms with Gasteiger partial charge in [0.15, 0.2) is 5.82 Å². The number of thioether (sulfide) groups is 1. The lowest BCUT2D eigenvalue weighted by Gasteiger charge is -2.02. The Morgan fingerprint density at radius 3 is 2.61 bits per heavy atom. The Bertz CT molecular complexity index is 789. The first kappa shape index (κ1) is 15.2. The van der Waals surface area contributed by atoms with Crippen LogP contribution in [0.3, 0.4) is 0 Å². The van der Waals surface area contributed by atoms with Crippen LogP contribution < -0.4 is 5.32 Å². The quantitative estimate of drug-likeness (QED) is 0.705. The lowest BCUT2D eigenvalue weighted by molar-refractivity contribution is -0.113. The van der Waals surface area contributed by atoms with Crippen LogP contribution in [0.5, 0.6) is 0 Å². The molecule has 0 saturated heterocycles. The van der Waals surface area contributed by atoms with Gasteiger partial charge in [0.05, 0.1) is 5.75 Å². The molecule has 7 heteroatoms. The molecule has 0 radical (unpaired) electrons. The number of nitrogens with one attached hydrogen (secondary N) is 2. The Hall–Kier alpha value is -2.67. The first-order valence-corrected chi connectivity index (χ1v) is 7.85. The zero-order valence-corrected chi connectivity index (χ0v) is 12.8. The van der Waals surface area contributed by atoms with Crippen molar-refractivity contribution >= 4 is 23.4 Å². The van der Waals surface area contributed by atoms with Gasteiger partial charge in [-0.05, 0) is 36.4 Å². The molecule has 2 N–H and O–H groups in total. The highest BCUT2D eigenvalue weighted by molar-refractivity contribution is 7.99. The van der Waals surface area contributed by atoms with Crippen LogP contribution in [-0.4, -0.2) is 26.8 Å². The van der Waals surface area contributed by atoms with Gasteiger partial charge < -0.3 is 5.32 Å². The smallest absolute Gasteiger partial charge is 0.234 e. The summed E-state index contributed by atoms with van der Waals surface area (Å²) in [6, 6.07) is 15.2. The number of benzene rings is 2. The van der Waals surface area contributed by atoms with Crippen LogP contribution in [0, 0.1) is 5.82 Å². The molecule has 0 bridgehead atoms. The third-order valence-corrected chi connectivity index (χ3v) is 3.82. The molecule has 116 valence electrons. The van der Waals surface area contributed by atoms with E-state index in [1.165, 1.54) is 23.9 Å². The zero-order valence-electron chi connectivity index (χ0n) is 12.0. The van der Waals surface area contributed by atoms with E-state index in [0.29, 0.717) is 11.0 Å². The van der Waals surface area contributed by atoms with Gasteiger partial charge in [-0.3, -0.25) is 9.89 Å². The van der Waals surface area contributed by atoms with Crippen LogP contribution in [0.2, 0.25) is 0 Å². The fourth-order valence-electron chi connectivity index (χ4n) is 1.90. The number of halogens is 1. The molecule has 1 heterocycles. The number of para-hydroxylation sites is 1. The van der Waals surface area contributed by atoms with E-state index in [1.807, 2.05) is 30.3 Å². The van der Waals surface area contributed by atoms with Gasteiger partial charge in [-0.15, -0.1) is 5.10 Å². The second-order valence-electron chi connectivity index (χ2n) is 4.68. The summed E-state index contributed by atoms with van der Waals surface area (Å²) in [5, 5.41) is 10.1. The topological polar surface area (TPSA) is 70.7 Å². The minimum atomic E-state index is -0.305. The van der Waals surface area contributed by atoms with Crippen LogP contribution in [0.25, 0.3) is 11.4 Å². The number of carbonyl (C=O) groups is 1. The highest BCUT2D eigenvalue weighted by atomic mass is 32.2. The molecule has 3 aromatic rings. The maximum absolute atomic E-state index is 12.9. The van der Waals surface area contributed by atoms with E-state index in [4.69, 9.17) is 0 Å². The van der Waals surface area contributed by atoms with Crippen LogP contribution in [0.1, 0.15) is 0 Å². The molecule has 0 spiro atoms. The first-order chi connectivity index (χ1) is 11.2. The Morgan fingerprint density at radius 2 is 1.87 bits per heavy atom. The summed E-state index contributed by atoms with van der Waals surface area (Å²) in [5.74, 6) is 0.307. The summed E-state index contributed by atoms with van der Waals surface area (Å²) in [4.78, 5) is 16.1. The van der Waals surface area contributed by atoms with Crippen molar-refractivity contribution in [1.82, 2.24) is 15.2 Å². The number of anilines is 1. The third kappa shape index (κ3) is 4.17. The Balaban J connectivity index is 1.57. The van der Waals surface area contributed by atoms with Crippen molar-refractivity contribution in [3.05, 3.63) is 60.4 Å². The molecular weight excluding hydrogens is 315 g/mol. The predicted molar refractivity (Wildman–Crippen MR) is 87.6 cm³/mol. The summed E-state index contributed by atoms with van der Waals surface area (Å²) >= 11 is 1.23. The van der Waals surface area contributed by atoms with Gasteiger partial charge in [-0.1, -0.05) is 30.0 Å². The Labute approximate surface area is 136 Å². The second-order valence-corrected chi connectivity index (χ2v) is 5.62. The highest BCUT2D eigenvalue weighted by Crippen LogP contribution is 2.19. The molecule has 0 aliphatic carbocycles. The molecule has 1 aromatic heterocycles. The van der Waals surface area contributed by atoms with E-state index in [0.717, 1.165) is 11.3 Å². The van der Waals surface area contributed by atoms with Gasteiger partial charge in [0.25, 0.3) is 0 Å². The fourth-order valence-corrected chi connectivity index (χ4v) is 2.49. The lowest BCUT2D eigenvalue weighted by Crippen LogP contribution is -2.13. The molecule has 0 atom stereocenters. The fraction of sp³-hybridized carbons (Fsp3) is 0.0625. The van der Waals surface area contributed by atoms with E-state index in [2.05, 4.69) is 20.5 Å². The van der Waals surface area contributed by atoms with E-state index in [-0.39, 0.29) is 17.5 Å². The van der Waals surface area contributed by atoms with Crippen molar-refractivity contribution in [2.45, 2.75) is 5.16 Å². The van der Waals surface area contributed by atoms with Crippen LogP contribution in [0.15, 0.2) is 59.8 Å².